The summed E-state index contributed by atoms with van der Waals surface area (Å²) in [6.45, 7) is 4.42. The highest BCUT2D eigenvalue weighted by Crippen LogP contribution is 2.23. The van der Waals surface area contributed by atoms with E-state index in [1.54, 1.807) is 10.9 Å². The van der Waals surface area contributed by atoms with E-state index >= 15 is 0 Å². The Labute approximate surface area is 121 Å². The lowest BCUT2D eigenvalue weighted by atomic mass is 10.3. The Morgan fingerprint density at radius 2 is 2.14 bits per heavy atom. The standard InChI is InChI=1S/C12H17N7O2/c1-4-13-10-5-9(19(20)21)6-11(16-10)15-8(2)12-17-14-7-18(12)3/h5-8H,4H2,1-3H3,(H2,13,15,16). The molecular formula is C12H17N7O2. The van der Waals surface area contributed by atoms with Gasteiger partial charge in [-0.05, 0) is 13.8 Å². The van der Waals surface area contributed by atoms with E-state index in [4.69, 9.17) is 0 Å². The molecule has 0 aliphatic heterocycles. The molecule has 21 heavy (non-hydrogen) atoms. The number of aryl methyl sites for hydroxylation is 1. The largest absolute Gasteiger partial charge is 0.370 e. The molecule has 0 spiro atoms. The van der Waals surface area contributed by atoms with Crippen molar-refractivity contribution in [2.45, 2.75) is 19.9 Å². The zero-order valence-corrected chi connectivity index (χ0v) is 12.1. The number of nitrogens with one attached hydrogen (secondary N) is 2. The summed E-state index contributed by atoms with van der Waals surface area (Å²) in [6.07, 6.45) is 1.60. The molecule has 2 heterocycles. The second-order valence-corrected chi connectivity index (χ2v) is 4.55. The molecule has 0 aliphatic carbocycles. The van der Waals surface area contributed by atoms with Crippen LogP contribution in [0, 0.1) is 10.1 Å². The number of aromatic nitrogens is 4. The molecule has 1 atom stereocenters. The zero-order chi connectivity index (χ0) is 15.4. The molecule has 0 fully saturated rings. The molecule has 2 N–H and O–H groups in total. The van der Waals surface area contributed by atoms with Crippen LogP contribution < -0.4 is 10.6 Å². The van der Waals surface area contributed by atoms with E-state index in [1.807, 2.05) is 20.9 Å². The number of anilines is 2. The Kier molecular flexibility index (Phi) is 4.31. The maximum Gasteiger partial charge on any atom is 0.276 e. The molecule has 2 aromatic rings. The van der Waals surface area contributed by atoms with Crippen LogP contribution in [0.25, 0.3) is 0 Å². The van der Waals surface area contributed by atoms with Crippen molar-refractivity contribution in [3.8, 4) is 0 Å². The van der Waals surface area contributed by atoms with Gasteiger partial charge in [0, 0.05) is 13.6 Å². The van der Waals surface area contributed by atoms with Crippen LogP contribution in [-0.4, -0.2) is 31.2 Å². The van der Waals surface area contributed by atoms with Crippen LogP contribution in [0.4, 0.5) is 17.3 Å². The van der Waals surface area contributed by atoms with Gasteiger partial charge >= 0.3 is 0 Å². The first kappa shape index (κ1) is 14.7. The van der Waals surface area contributed by atoms with Gasteiger partial charge in [0.05, 0.1) is 23.1 Å². The smallest absolute Gasteiger partial charge is 0.276 e. The van der Waals surface area contributed by atoms with Gasteiger partial charge in [-0.1, -0.05) is 0 Å². The van der Waals surface area contributed by atoms with Crippen LogP contribution in [-0.2, 0) is 7.05 Å². The second-order valence-electron chi connectivity index (χ2n) is 4.55. The highest BCUT2D eigenvalue weighted by atomic mass is 16.6. The van der Waals surface area contributed by atoms with Crippen LogP contribution in [0.2, 0.25) is 0 Å². The highest BCUT2D eigenvalue weighted by molar-refractivity contribution is 5.55. The fraction of sp³-hybridized carbons (Fsp3) is 0.417. The van der Waals surface area contributed by atoms with Crippen molar-refractivity contribution in [2.24, 2.45) is 7.05 Å². The Morgan fingerprint density at radius 1 is 1.43 bits per heavy atom. The fourth-order valence-electron chi connectivity index (χ4n) is 1.94. The SMILES string of the molecule is CCNc1cc([N+](=O)[O-])cc(NC(C)c2nncn2C)n1. The summed E-state index contributed by atoms with van der Waals surface area (Å²) in [5.74, 6) is 1.59. The van der Waals surface area contributed by atoms with Gasteiger partial charge in [0.15, 0.2) is 5.82 Å². The van der Waals surface area contributed by atoms with Gasteiger partial charge in [0.25, 0.3) is 5.69 Å². The van der Waals surface area contributed by atoms with Crippen LogP contribution >= 0.6 is 0 Å². The monoisotopic (exact) mass is 291 g/mol. The lowest BCUT2D eigenvalue weighted by molar-refractivity contribution is -0.384. The molecule has 2 aromatic heterocycles. The summed E-state index contributed by atoms with van der Waals surface area (Å²) in [5.41, 5.74) is -0.0198. The van der Waals surface area contributed by atoms with Crippen molar-refractivity contribution in [3.63, 3.8) is 0 Å². The van der Waals surface area contributed by atoms with Gasteiger partial charge in [-0.25, -0.2) is 4.98 Å². The quantitative estimate of drug-likeness (QED) is 0.615. The molecule has 0 amide bonds. The summed E-state index contributed by atoms with van der Waals surface area (Å²) < 4.78 is 1.78. The van der Waals surface area contributed by atoms with E-state index in [1.165, 1.54) is 12.1 Å². The molecule has 0 radical (unpaired) electrons. The number of rotatable bonds is 6. The third kappa shape index (κ3) is 3.44. The second kappa shape index (κ2) is 6.16. The molecule has 9 heteroatoms. The Hall–Kier alpha value is -2.71. The number of pyridine rings is 1. The Bertz CT molecular complexity index is 640. The van der Waals surface area contributed by atoms with Crippen molar-refractivity contribution in [2.75, 3.05) is 17.2 Å². The van der Waals surface area contributed by atoms with Crippen LogP contribution in [0.1, 0.15) is 25.7 Å². The van der Waals surface area contributed by atoms with E-state index in [9.17, 15) is 10.1 Å². The minimum atomic E-state index is -0.444. The summed E-state index contributed by atoms with van der Waals surface area (Å²) in [4.78, 5) is 14.8. The maximum atomic E-state index is 11.0. The lowest BCUT2D eigenvalue weighted by Crippen LogP contribution is -2.13. The third-order valence-electron chi connectivity index (χ3n) is 2.88. The van der Waals surface area contributed by atoms with Gasteiger partial charge in [-0.2, -0.15) is 0 Å². The van der Waals surface area contributed by atoms with E-state index in [0.717, 1.165) is 0 Å². The van der Waals surface area contributed by atoms with E-state index in [0.29, 0.717) is 24.0 Å². The summed E-state index contributed by atoms with van der Waals surface area (Å²) >= 11 is 0. The van der Waals surface area contributed by atoms with Gasteiger partial charge in [-0.3, -0.25) is 10.1 Å². The first-order chi connectivity index (χ1) is 10.0. The number of hydrogen-bond acceptors (Lipinski definition) is 7. The summed E-state index contributed by atoms with van der Waals surface area (Å²) in [6, 6.07) is 2.62. The molecule has 112 valence electrons. The number of hydrogen-bond donors (Lipinski definition) is 2. The summed E-state index contributed by atoms with van der Waals surface area (Å²) in [7, 11) is 1.83. The molecule has 2 rings (SSSR count). The minimum absolute atomic E-state index is 0.0198. The first-order valence-electron chi connectivity index (χ1n) is 6.52. The van der Waals surface area contributed by atoms with Gasteiger partial charge in [-0.15, -0.1) is 10.2 Å². The van der Waals surface area contributed by atoms with E-state index in [-0.39, 0.29) is 11.7 Å². The van der Waals surface area contributed by atoms with Crippen molar-refractivity contribution >= 4 is 17.3 Å². The van der Waals surface area contributed by atoms with E-state index in [2.05, 4.69) is 25.8 Å². The summed E-state index contributed by atoms with van der Waals surface area (Å²) in [5, 5.41) is 24.9. The molecule has 9 nitrogen and oxygen atoms in total. The maximum absolute atomic E-state index is 11.0. The van der Waals surface area contributed by atoms with Crippen LogP contribution in [0.5, 0.6) is 0 Å². The molecule has 0 aromatic carbocycles. The highest BCUT2D eigenvalue weighted by Gasteiger charge is 2.15. The molecule has 0 saturated carbocycles. The van der Waals surface area contributed by atoms with E-state index < -0.39 is 4.92 Å². The average Bonchev–Trinajstić information content (AvgIpc) is 2.85. The number of nitrogens with zero attached hydrogens (tertiary/aromatic N) is 5. The average molecular weight is 291 g/mol. The van der Waals surface area contributed by atoms with Crippen molar-refractivity contribution in [1.82, 2.24) is 19.7 Å². The predicted molar refractivity (Wildman–Crippen MR) is 78.1 cm³/mol. The van der Waals surface area contributed by atoms with Crippen molar-refractivity contribution in [3.05, 3.63) is 34.4 Å². The Balaban J connectivity index is 2.26. The van der Waals surface area contributed by atoms with Crippen molar-refractivity contribution in [1.29, 1.82) is 0 Å². The molecule has 0 bridgehead atoms. The molecule has 1 unspecified atom stereocenters. The minimum Gasteiger partial charge on any atom is -0.370 e. The molecular weight excluding hydrogens is 274 g/mol. The third-order valence-corrected chi connectivity index (χ3v) is 2.88. The Morgan fingerprint density at radius 3 is 2.71 bits per heavy atom. The molecule has 0 saturated heterocycles. The lowest BCUT2D eigenvalue weighted by Gasteiger charge is -2.14. The molecule has 0 aliphatic rings. The van der Waals surface area contributed by atoms with Crippen LogP contribution in [0.3, 0.4) is 0 Å². The first-order valence-corrected chi connectivity index (χ1v) is 6.52. The van der Waals surface area contributed by atoms with Gasteiger partial charge in [0.2, 0.25) is 0 Å². The van der Waals surface area contributed by atoms with Crippen molar-refractivity contribution < 1.29 is 4.92 Å². The predicted octanol–water partition coefficient (Wildman–Crippen LogP) is 1.72. The van der Waals surface area contributed by atoms with Gasteiger partial charge < -0.3 is 15.2 Å². The fourth-order valence-corrected chi connectivity index (χ4v) is 1.94. The number of nitro groups is 1. The van der Waals surface area contributed by atoms with Gasteiger partial charge in [0.1, 0.15) is 18.0 Å². The normalized spacial score (nSPS) is 12.0. The zero-order valence-electron chi connectivity index (χ0n) is 12.1. The topological polar surface area (TPSA) is 111 Å². The van der Waals surface area contributed by atoms with Crippen LogP contribution in [0.15, 0.2) is 18.5 Å².